The number of aliphatic carboxylic acids is 1. The summed E-state index contributed by atoms with van der Waals surface area (Å²) >= 11 is 0. The number of ether oxygens (including phenoxy) is 3. The molecule has 0 aliphatic heterocycles. The highest BCUT2D eigenvalue weighted by Gasteiger charge is 2.31. The topological polar surface area (TPSA) is 99.1 Å². The Morgan fingerprint density at radius 3 is 1.46 bits per heavy atom. The van der Waals surface area contributed by atoms with Crippen molar-refractivity contribution in [1.82, 2.24) is 0 Å². The second kappa shape index (κ2) is 45.1. The van der Waals surface area contributed by atoms with E-state index >= 15 is 0 Å². The molecule has 8 nitrogen and oxygen atoms in total. The second-order valence-electron chi connectivity index (χ2n) is 17.8. The van der Waals surface area contributed by atoms with E-state index in [1.807, 2.05) is 21.1 Å². The van der Waals surface area contributed by atoms with E-state index in [1.54, 1.807) is 0 Å². The molecule has 0 rings (SSSR count). The number of hydrogen-bond donors (Lipinski definition) is 1. The van der Waals surface area contributed by atoms with Crippen molar-refractivity contribution < 1.29 is 38.2 Å². The minimum absolute atomic E-state index is 0.0465. The van der Waals surface area contributed by atoms with E-state index in [1.165, 1.54) is 77.0 Å². The molecule has 0 saturated heterocycles. The van der Waals surface area contributed by atoms with Gasteiger partial charge in [0, 0.05) is 19.3 Å². The Balaban J connectivity index is 4.31. The van der Waals surface area contributed by atoms with Crippen LogP contribution in [0.3, 0.4) is 0 Å². The van der Waals surface area contributed by atoms with Crippen LogP contribution in [0.25, 0.3) is 0 Å². The van der Waals surface area contributed by atoms with Crippen LogP contribution in [0.5, 0.6) is 0 Å². The van der Waals surface area contributed by atoms with Gasteiger partial charge in [-0.3, -0.25) is 9.59 Å². The molecule has 0 aromatic heterocycles. The number of carbonyl (C=O) groups excluding carboxylic acids is 2. The van der Waals surface area contributed by atoms with Crippen molar-refractivity contribution in [1.29, 1.82) is 0 Å². The molecule has 0 heterocycles. The van der Waals surface area contributed by atoms with Crippen LogP contribution in [0.2, 0.25) is 0 Å². The first-order chi connectivity index (χ1) is 30.6. The first-order valence-electron chi connectivity index (χ1n) is 25.2. The highest BCUT2D eigenvalue weighted by Crippen LogP contribution is 2.15. The molecule has 1 N–H and O–H groups in total. The lowest BCUT2D eigenvalue weighted by atomic mass is 10.0. The van der Waals surface area contributed by atoms with Crippen LogP contribution in [0.4, 0.5) is 0 Å². The maximum Gasteiger partial charge on any atom is 0.362 e. The second-order valence-corrected chi connectivity index (χ2v) is 17.8. The Labute approximate surface area is 386 Å². The standard InChI is InChI=1S/C55H93NO7/c1-6-8-10-12-14-16-18-20-22-24-26-27-28-30-31-33-35-37-39-41-43-45-53(57)62-50-51(49-61-48-47-52(55(59)60)56(3,4)5)63-54(58)46-44-42-40-38-36-34-32-29-25-23-21-19-17-15-13-11-9-7-2/h8,10,14-17,19-23,25,29,32,51-52H,6-7,9,11-13,18,24,26-28,30-31,33-50H2,1-5H3/p+1/b10-8+,16-14+,17-15+,21-19+,22-20+,25-23+,32-29+. The van der Waals surface area contributed by atoms with E-state index in [4.69, 9.17) is 14.2 Å². The van der Waals surface area contributed by atoms with Crippen molar-refractivity contribution in [3.63, 3.8) is 0 Å². The molecule has 0 fully saturated rings. The third kappa shape index (κ3) is 43.5. The summed E-state index contributed by atoms with van der Waals surface area (Å²) in [5, 5.41) is 9.65. The predicted molar refractivity (Wildman–Crippen MR) is 266 cm³/mol. The highest BCUT2D eigenvalue weighted by molar-refractivity contribution is 5.72. The molecule has 360 valence electrons. The monoisotopic (exact) mass is 881 g/mol. The van der Waals surface area contributed by atoms with E-state index in [0.29, 0.717) is 19.3 Å². The smallest absolute Gasteiger partial charge is 0.362 e. The Bertz CT molecular complexity index is 1300. The summed E-state index contributed by atoms with van der Waals surface area (Å²) in [6.07, 6.45) is 59.1. The average Bonchev–Trinajstić information content (AvgIpc) is 3.24. The molecule has 0 aliphatic rings. The van der Waals surface area contributed by atoms with Gasteiger partial charge < -0.3 is 23.8 Å². The van der Waals surface area contributed by atoms with E-state index < -0.39 is 18.1 Å². The number of likely N-dealkylation sites (N-methyl/N-ethyl adjacent to an activating group) is 1. The number of rotatable bonds is 44. The lowest BCUT2D eigenvalue weighted by Crippen LogP contribution is -2.50. The molecule has 2 unspecified atom stereocenters. The van der Waals surface area contributed by atoms with Crippen molar-refractivity contribution >= 4 is 17.9 Å². The number of carboxylic acid groups (broad SMARTS) is 1. The Hall–Kier alpha value is -3.49. The first kappa shape index (κ1) is 59.5. The number of quaternary nitrogens is 1. The van der Waals surface area contributed by atoms with Gasteiger partial charge in [-0.15, -0.1) is 0 Å². The summed E-state index contributed by atoms with van der Waals surface area (Å²) in [7, 11) is 5.52. The molecular weight excluding hydrogens is 787 g/mol. The molecule has 0 radical (unpaired) electrons. The zero-order chi connectivity index (χ0) is 46.3. The zero-order valence-electron chi connectivity index (χ0n) is 41.0. The fourth-order valence-corrected chi connectivity index (χ4v) is 7.00. The fraction of sp³-hybridized carbons (Fsp3) is 0.691. The van der Waals surface area contributed by atoms with Gasteiger partial charge in [0.15, 0.2) is 12.1 Å². The molecule has 0 aromatic carbocycles. The van der Waals surface area contributed by atoms with Crippen LogP contribution >= 0.6 is 0 Å². The SMILES string of the molecule is CC/C=C/C/C=C/C/C=C/CCCCCCCCCCCCCC(=O)OCC(COCCC(C(=O)O)[N+](C)(C)C)OC(=O)CCCCCCC/C=C/C=C/C=C/C=C/CCCCC. The van der Waals surface area contributed by atoms with E-state index in [2.05, 4.69) is 98.9 Å². The third-order valence-corrected chi connectivity index (χ3v) is 10.9. The predicted octanol–water partition coefficient (Wildman–Crippen LogP) is 14.5. The Morgan fingerprint density at radius 2 is 0.952 bits per heavy atom. The first-order valence-corrected chi connectivity index (χ1v) is 25.2. The van der Waals surface area contributed by atoms with Gasteiger partial charge in [0.05, 0.1) is 34.4 Å². The van der Waals surface area contributed by atoms with Gasteiger partial charge in [0.25, 0.3) is 0 Å². The number of nitrogens with zero attached hydrogens (tertiary/aromatic N) is 1. The average molecular weight is 881 g/mol. The summed E-state index contributed by atoms with van der Waals surface area (Å²) in [4.78, 5) is 37.1. The molecule has 63 heavy (non-hydrogen) atoms. The van der Waals surface area contributed by atoms with Crippen LogP contribution in [-0.4, -0.2) is 80.6 Å². The molecule has 0 aliphatic carbocycles. The number of carbonyl (C=O) groups is 3. The van der Waals surface area contributed by atoms with E-state index in [-0.39, 0.29) is 36.2 Å². The van der Waals surface area contributed by atoms with Crippen molar-refractivity contribution in [2.24, 2.45) is 0 Å². The summed E-state index contributed by atoms with van der Waals surface area (Å²) < 4.78 is 17.3. The molecule has 0 aromatic rings. The van der Waals surface area contributed by atoms with Gasteiger partial charge >= 0.3 is 17.9 Å². The maximum atomic E-state index is 12.8. The molecular formula is C55H94NO7+. The van der Waals surface area contributed by atoms with Crippen LogP contribution in [-0.2, 0) is 28.6 Å². The van der Waals surface area contributed by atoms with E-state index in [0.717, 1.165) is 83.5 Å². The number of carboxylic acids is 1. The summed E-state index contributed by atoms with van der Waals surface area (Å²) in [5.41, 5.74) is 0. The van der Waals surface area contributed by atoms with Crippen LogP contribution in [0.15, 0.2) is 85.1 Å². The zero-order valence-corrected chi connectivity index (χ0v) is 41.0. The number of allylic oxidation sites excluding steroid dienone is 14. The summed E-state index contributed by atoms with van der Waals surface area (Å²) in [5.74, 6) is -1.51. The van der Waals surface area contributed by atoms with Gasteiger partial charge in [0.2, 0.25) is 0 Å². The Morgan fingerprint density at radius 1 is 0.508 bits per heavy atom. The number of esters is 2. The molecule has 8 heteroatoms. The van der Waals surface area contributed by atoms with Crippen molar-refractivity contribution in [3.05, 3.63) is 85.1 Å². The van der Waals surface area contributed by atoms with Crippen molar-refractivity contribution in [2.75, 3.05) is 41.0 Å². The van der Waals surface area contributed by atoms with Crippen LogP contribution in [0.1, 0.15) is 194 Å². The number of unbranched alkanes of at least 4 members (excludes halogenated alkanes) is 19. The number of hydrogen-bond acceptors (Lipinski definition) is 6. The molecule has 0 spiro atoms. The fourth-order valence-electron chi connectivity index (χ4n) is 7.00. The van der Waals surface area contributed by atoms with Gasteiger partial charge in [-0.05, 0) is 70.6 Å². The van der Waals surface area contributed by atoms with Gasteiger partial charge in [-0.1, -0.05) is 189 Å². The van der Waals surface area contributed by atoms with E-state index in [9.17, 15) is 19.5 Å². The summed E-state index contributed by atoms with van der Waals surface area (Å²) in [6.45, 7) is 4.56. The molecule has 0 amide bonds. The normalized spacial score (nSPS) is 13.6. The minimum Gasteiger partial charge on any atom is -0.477 e. The van der Waals surface area contributed by atoms with Gasteiger partial charge in [-0.2, -0.15) is 0 Å². The largest absolute Gasteiger partial charge is 0.477 e. The third-order valence-electron chi connectivity index (χ3n) is 10.9. The van der Waals surface area contributed by atoms with Gasteiger partial charge in [0.1, 0.15) is 6.61 Å². The summed E-state index contributed by atoms with van der Waals surface area (Å²) in [6, 6.07) is -0.624. The minimum atomic E-state index is -0.882. The molecule has 2 atom stereocenters. The van der Waals surface area contributed by atoms with Crippen LogP contribution < -0.4 is 0 Å². The molecule has 0 saturated carbocycles. The van der Waals surface area contributed by atoms with Gasteiger partial charge in [-0.25, -0.2) is 4.79 Å². The maximum absolute atomic E-state index is 12.8. The quantitative estimate of drug-likeness (QED) is 0.0214. The van der Waals surface area contributed by atoms with Crippen LogP contribution in [0, 0.1) is 0 Å². The lowest BCUT2D eigenvalue weighted by Gasteiger charge is -2.31. The van der Waals surface area contributed by atoms with Crippen molar-refractivity contribution in [2.45, 2.75) is 206 Å². The highest BCUT2D eigenvalue weighted by atomic mass is 16.6. The Kier molecular flexibility index (Phi) is 42.6. The molecule has 0 bridgehead atoms. The lowest BCUT2D eigenvalue weighted by molar-refractivity contribution is -0.887. The van der Waals surface area contributed by atoms with Crippen molar-refractivity contribution in [3.8, 4) is 0 Å².